The lowest BCUT2D eigenvalue weighted by molar-refractivity contribution is 0.628. The van der Waals surface area contributed by atoms with Gasteiger partial charge in [0.05, 0.1) is 17.6 Å². The van der Waals surface area contributed by atoms with Crippen LogP contribution in [0.4, 0.5) is 10.1 Å². The van der Waals surface area contributed by atoms with Crippen molar-refractivity contribution in [1.82, 2.24) is 4.57 Å². The lowest BCUT2D eigenvalue weighted by Crippen LogP contribution is -1.97. The molecule has 4 heteroatoms. The second kappa shape index (κ2) is 6.06. The van der Waals surface area contributed by atoms with Crippen LogP contribution in [-0.2, 0) is 0 Å². The lowest BCUT2D eigenvalue weighted by Gasteiger charge is -2.06. The molecule has 1 aromatic heterocycles. The predicted octanol–water partition coefficient (Wildman–Crippen LogP) is 5.13. The van der Waals surface area contributed by atoms with Crippen molar-refractivity contribution >= 4 is 27.8 Å². The zero-order chi connectivity index (χ0) is 14.7. The SMILES string of the molecule is Fc1ccc(N=Cc2cccn2-c2ccc(Br)cc2)cc1. The molecule has 0 unspecified atom stereocenters. The highest BCUT2D eigenvalue weighted by Gasteiger charge is 2.01. The third kappa shape index (κ3) is 3.28. The fourth-order valence-electron chi connectivity index (χ4n) is 2.00. The second-order valence-corrected chi connectivity index (χ2v) is 5.43. The Labute approximate surface area is 130 Å². The molecule has 21 heavy (non-hydrogen) atoms. The molecule has 3 rings (SSSR count). The van der Waals surface area contributed by atoms with E-state index in [1.165, 1.54) is 12.1 Å². The third-order valence-corrected chi connectivity index (χ3v) is 3.59. The molecule has 0 spiro atoms. The minimum atomic E-state index is -0.257. The highest BCUT2D eigenvalue weighted by molar-refractivity contribution is 9.10. The fraction of sp³-hybridized carbons (Fsp3) is 0. The van der Waals surface area contributed by atoms with Gasteiger partial charge in [-0.2, -0.15) is 0 Å². The van der Waals surface area contributed by atoms with E-state index >= 15 is 0 Å². The molecule has 0 bridgehead atoms. The van der Waals surface area contributed by atoms with E-state index < -0.39 is 0 Å². The Morgan fingerprint density at radius 1 is 0.952 bits per heavy atom. The smallest absolute Gasteiger partial charge is 0.123 e. The Morgan fingerprint density at radius 2 is 1.67 bits per heavy atom. The summed E-state index contributed by atoms with van der Waals surface area (Å²) in [6, 6.07) is 18.1. The van der Waals surface area contributed by atoms with E-state index in [1.54, 1.807) is 18.3 Å². The highest BCUT2D eigenvalue weighted by Crippen LogP contribution is 2.17. The van der Waals surface area contributed by atoms with Gasteiger partial charge in [0.15, 0.2) is 0 Å². The van der Waals surface area contributed by atoms with Crippen molar-refractivity contribution in [3.05, 3.63) is 82.8 Å². The van der Waals surface area contributed by atoms with Gasteiger partial charge >= 0.3 is 0 Å². The molecular weight excluding hydrogens is 331 g/mol. The van der Waals surface area contributed by atoms with Gasteiger partial charge in [-0.1, -0.05) is 15.9 Å². The van der Waals surface area contributed by atoms with E-state index in [4.69, 9.17) is 0 Å². The van der Waals surface area contributed by atoms with Gasteiger partial charge in [-0.05, 0) is 60.7 Å². The molecule has 0 atom stereocenters. The van der Waals surface area contributed by atoms with Crippen LogP contribution in [0.2, 0.25) is 0 Å². The van der Waals surface area contributed by atoms with E-state index in [2.05, 4.69) is 20.9 Å². The summed E-state index contributed by atoms with van der Waals surface area (Å²) in [7, 11) is 0. The summed E-state index contributed by atoms with van der Waals surface area (Å²) in [5.74, 6) is -0.257. The lowest BCUT2D eigenvalue weighted by atomic mass is 10.3. The van der Waals surface area contributed by atoms with Crippen LogP contribution < -0.4 is 0 Å². The average molecular weight is 343 g/mol. The van der Waals surface area contributed by atoms with Crippen molar-refractivity contribution in [2.45, 2.75) is 0 Å². The maximum Gasteiger partial charge on any atom is 0.123 e. The summed E-state index contributed by atoms with van der Waals surface area (Å²) in [4.78, 5) is 4.37. The molecule has 0 radical (unpaired) electrons. The molecule has 0 fully saturated rings. The number of hydrogen-bond donors (Lipinski definition) is 0. The molecule has 0 amide bonds. The summed E-state index contributed by atoms with van der Waals surface area (Å²) in [5.41, 5.74) is 2.74. The summed E-state index contributed by atoms with van der Waals surface area (Å²) in [6.07, 6.45) is 3.75. The van der Waals surface area contributed by atoms with Gasteiger partial charge in [0.1, 0.15) is 5.82 Å². The van der Waals surface area contributed by atoms with Crippen LogP contribution in [0.15, 0.2) is 76.3 Å². The Hall–Kier alpha value is -2.20. The molecule has 2 nitrogen and oxygen atoms in total. The number of halogens is 2. The first-order valence-electron chi connectivity index (χ1n) is 6.45. The molecule has 0 saturated heterocycles. The van der Waals surface area contributed by atoms with E-state index in [1.807, 2.05) is 47.2 Å². The maximum atomic E-state index is 12.9. The first-order valence-corrected chi connectivity index (χ1v) is 7.24. The van der Waals surface area contributed by atoms with Crippen LogP contribution in [0.3, 0.4) is 0 Å². The van der Waals surface area contributed by atoms with Crippen LogP contribution in [0.25, 0.3) is 5.69 Å². The highest BCUT2D eigenvalue weighted by atomic mass is 79.9. The summed E-state index contributed by atoms with van der Waals surface area (Å²) < 4.78 is 15.9. The van der Waals surface area contributed by atoms with Crippen molar-refractivity contribution in [3.8, 4) is 5.69 Å². The Bertz CT molecular complexity index is 758. The van der Waals surface area contributed by atoms with Crippen molar-refractivity contribution in [1.29, 1.82) is 0 Å². The maximum absolute atomic E-state index is 12.9. The van der Waals surface area contributed by atoms with Crippen molar-refractivity contribution in [3.63, 3.8) is 0 Å². The fourth-order valence-corrected chi connectivity index (χ4v) is 2.27. The van der Waals surface area contributed by atoms with Gasteiger partial charge in [0.25, 0.3) is 0 Å². The summed E-state index contributed by atoms with van der Waals surface area (Å²) >= 11 is 3.43. The van der Waals surface area contributed by atoms with Gasteiger partial charge in [-0.3, -0.25) is 4.99 Å². The molecule has 0 saturated carbocycles. The van der Waals surface area contributed by atoms with Crippen molar-refractivity contribution in [2.24, 2.45) is 4.99 Å². The van der Waals surface area contributed by atoms with E-state index in [0.29, 0.717) is 0 Å². The Kier molecular flexibility index (Phi) is 3.97. The minimum Gasteiger partial charge on any atom is -0.316 e. The summed E-state index contributed by atoms with van der Waals surface area (Å²) in [6.45, 7) is 0. The van der Waals surface area contributed by atoms with Crippen LogP contribution in [0.5, 0.6) is 0 Å². The molecule has 1 heterocycles. The van der Waals surface area contributed by atoms with Crippen LogP contribution >= 0.6 is 15.9 Å². The minimum absolute atomic E-state index is 0.257. The molecule has 0 N–H and O–H groups in total. The quantitative estimate of drug-likeness (QED) is 0.587. The number of benzene rings is 2. The predicted molar refractivity (Wildman–Crippen MR) is 87.1 cm³/mol. The first-order chi connectivity index (χ1) is 10.2. The third-order valence-electron chi connectivity index (χ3n) is 3.06. The molecule has 2 aromatic carbocycles. The molecule has 104 valence electrons. The van der Waals surface area contributed by atoms with E-state index in [9.17, 15) is 4.39 Å². The van der Waals surface area contributed by atoms with E-state index in [0.717, 1.165) is 21.5 Å². The van der Waals surface area contributed by atoms with Crippen molar-refractivity contribution < 1.29 is 4.39 Å². The van der Waals surface area contributed by atoms with Crippen LogP contribution in [0, 0.1) is 5.82 Å². The molecule has 0 aliphatic carbocycles. The average Bonchev–Trinajstić information content (AvgIpc) is 2.96. The van der Waals surface area contributed by atoms with Gasteiger partial charge in [-0.15, -0.1) is 0 Å². The molecular formula is C17H12BrFN2. The Balaban J connectivity index is 1.88. The number of hydrogen-bond acceptors (Lipinski definition) is 1. The molecule has 0 aliphatic heterocycles. The first kappa shape index (κ1) is 13.8. The van der Waals surface area contributed by atoms with Gasteiger partial charge in [-0.25, -0.2) is 4.39 Å². The standard InChI is InChI=1S/C17H12BrFN2/c18-13-3-9-16(10-4-13)21-11-1-2-17(21)12-20-15-7-5-14(19)6-8-15/h1-12H. The molecule has 3 aromatic rings. The zero-order valence-electron chi connectivity index (χ0n) is 11.1. The molecule has 0 aliphatic rings. The van der Waals surface area contributed by atoms with E-state index in [-0.39, 0.29) is 5.82 Å². The number of nitrogens with zero attached hydrogens (tertiary/aromatic N) is 2. The van der Waals surface area contributed by atoms with Crippen molar-refractivity contribution in [2.75, 3.05) is 0 Å². The number of aliphatic imine (C=N–C) groups is 1. The van der Waals surface area contributed by atoms with Gasteiger partial charge in [0.2, 0.25) is 0 Å². The van der Waals surface area contributed by atoms with Crippen LogP contribution in [0.1, 0.15) is 5.69 Å². The number of rotatable bonds is 3. The summed E-state index contributed by atoms with van der Waals surface area (Å²) in [5, 5.41) is 0. The topological polar surface area (TPSA) is 17.3 Å². The second-order valence-electron chi connectivity index (χ2n) is 4.51. The monoisotopic (exact) mass is 342 g/mol. The number of aromatic nitrogens is 1. The normalized spacial score (nSPS) is 11.1. The van der Waals surface area contributed by atoms with Crippen LogP contribution in [-0.4, -0.2) is 10.8 Å². The van der Waals surface area contributed by atoms with Gasteiger partial charge in [0, 0.05) is 16.4 Å². The van der Waals surface area contributed by atoms with Gasteiger partial charge < -0.3 is 4.57 Å². The Morgan fingerprint density at radius 3 is 2.38 bits per heavy atom. The largest absolute Gasteiger partial charge is 0.316 e. The zero-order valence-corrected chi connectivity index (χ0v) is 12.7.